The Balaban J connectivity index is 2.30. The Labute approximate surface area is 135 Å². The summed E-state index contributed by atoms with van der Waals surface area (Å²) < 4.78 is 4.60. The number of hydrogen-bond acceptors (Lipinski definition) is 5. The molecule has 0 atom stereocenters. The van der Waals surface area contributed by atoms with Crippen LogP contribution in [0.25, 0.3) is 0 Å². The Kier molecular flexibility index (Phi) is 5.02. The molecule has 0 aliphatic rings. The molecular formula is C16H12O6S. The number of carbonyl (C=O) groups excluding carboxylic acids is 1. The van der Waals surface area contributed by atoms with Gasteiger partial charge in [0.2, 0.25) is 0 Å². The van der Waals surface area contributed by atoms with Crippen LogP contribution in [0.5, 0.6) is 0 Å². The Bertz CT molecular complexity index is 767. The summed E-state index contributed by atoms with van der Waals surface area (Å²) in [5.74, 6) is -2.85. The Hall–Kier alpha value is -2.80. The molecule has 7 heteroatoms. The number of carboxylic acid groups (broad SMARTS) is 2. The minimum Gasteiger partial charge on any atom is -0.478 e. The second-order valence-electron chi connectivity index (χ2n) is 4.44. The van der Waals surface area contributed by atoms with Crippen LogP contribution in [0.15, 0.2) is 52.3 Å². The summed E-state index contributed by atoms with van der Waals surface area (Å²) in [7, 11) is 1.29. The fourth-order valence-corrected chi connectivity index (χ4v) is 2.74. The minimum atomic E-state index is -1.21. The second-order valence-corrected chi connectivity index (χ2v) is 5.55. The van der Waals surface area contributed by atoms with Gasteiger partial charge < -0.3 is 14.9 Å². The lowest BCUT2D eigenvalue weighted by Crippen LogP contribution is -2.04. The molecule has 0 saturated carbocycles. The van der Waals surface area contributed by atoms with Crippen LogP contribution in [0, 0.1) is 0 Å². The van der Waals surface area contributed by atoms with E-state index in [2.05, 4.69) is 4.74 Å². The molecule has 118 valence electrons. The third kappa shape index (κ3) is 3.89. The Morgan fingerprint density at radius 3 is 2.04 bits per heavy atom. The smallest absolute Gasteiger partial charge is 0.337 e. The first-order valence-corrected chi connectivity index (χ1v) is 7.21. The van der Waals surface area contributed by atoms with Crippen LogP contribution in [0.4, 0.5) is 0 Å². The number of ether oxygens (including phenoxy) is 1. The summed E-state index contributed by atoms with van der Waals surface area (Å²) in [5.41, 5.74) is 0.205. The first-order chi connectivity index (χ1) is 10.9. The van der Waals surface area contributed by atoms with E-state index in [1.54, 1.807) is 24.3 Å². The molecule has 0 bridgehead atoms. The molecule has 2 N–H and O–H groups in total. The zero-order chi connectivity index (χ0) is 17.0. The van der Waals surface area contributed by atoms with Gasteiger partial charge in [0.05, 0.1) is 23.8 Å². The third-order valence-electron chi connectivity index (χ3n) is 2.96. The molecule has 2 rings (SSSR count). The highest BCUT2D eigenvalue weighted by Crippen LogP contribution is 2.31. The van der Waals surface area contributed by atoms with E-state index in [1.807, 2.05) is 0 Å². The molecule has 0 fully saturated rings. The van der Waals surface area contributed by atoms with Gasteiger partial charge in [0.25, 0.3) is 0 Å². The van der Waals surface area contributed by atoms with Crippen molar-refractivity contribution >= 4 is 29.7 Å². The summed E-state index contributed by atoms with van der Waals surface area (Å²) in [6, 6.07) is 10.4. The van der Waals surface area contributed by atoms with Crippen molar-refractivity contribution in [2.24, 2.45) is 0 Å². The molecule has 6 nitrogen and oxygen atoms in total. The Morgan fingerprint density at radius 2 is 1.52 bits per heavy atom. The van der Waals surface area contributed by atoms with E-state index in [4.69, 9.17) is 5.11 Å². The zero-order valence-corrected chi connectivity index (χ0v) is 12.8. The van der Waals surface area contributed by atoms with Crippen LogP contribution in [0.1, 0.15) is 31.1 Å². The van der Waals surface area contributed by atoms with Gasteiger partial charge in [0.15, 0.2) is 0 Å². The van der Waals surface area contributed by atoms with Crippen molar-refractivity contribution in [3.63, 3.8) is 0 Å². The fourth-order valence-electron chi connectivity index (χ4n) is 1.82. The third-order valence-corrected chi connectivity index (χ3v) is 4.04. The summed E-state index contributed by atoms with van der Waals surface area (Å²) >= 11 is 1.17. The van der Waals surface area contributed by atoms with E-state index in [0.717, 1.165) is 6.07 Å². The van der Waals surface area contributed by atoms with E-state index < -0.39 is 17.9 Å². The van der Waals surface area contributed by atoms with Gasteiger partial charge in [-0.05, 0) is 42.5 Å². The number of hydrogen-bond donors (Lipinski definition) is 2. The number of aromatic carboxylic acids is 2. The molecule has 0 aliphatic carbocycles. The highest BCUT2D eigenvalue weighted by Gasteiger charge is 2.15. The molecular weight excluding hydrogens is 320 g/mol. The predicted octanol–water partition coefficient (Wildman–Crippen LogP) is 3.02. The van der Waals surface area contributed by atoms with Crippen LogP contribution in [-0.4, -0.2) is 35.2 Å². The first kappa shape index (κ1) is 16.6. The van der Waals surface area contributed by atoms with Crippen molar-refractivity contribution in [2.75, 3.05) is 7.11 Å². The average molecular weight is 332 g/mol. The largest absolute Gasteiger partial charge is 0.478 e. The predicted molar refractivity (Wildman–Crippen MR) is 82.3 cm³/mol. The van der Waals surface area contributed by atoms with E-state index in [-0.39, 0.29) is 11.1 Å². The second kappa shape index (κ2) is 6.97. The quantitative estimate of drug-likeness (QED) is 0.812. The summed E-state index contributed by atoms with van der Waals surface area (Å²) in [6.07, 6.45) is 0. The minimum absolute atomic E-state index is 0.0900. The zero-order valence-electron chi connectivity index (χ0n) is 12.0. The normalized spacial score (nSPS) is 10.1. The van der Waals surface area contributed by atoms with Gasteiger partial charge in [0, 0.05) is 9.79 Å². The maximum Gasteiger partial charge on any atom is 0.337 e. The standard InChI is InChI=1S/C16H12O6S/c1-22-16(21)9-2-5-11(6-3-9)23-13-7-4-10(14(17)18)8-12(13)15(19)20/h2-8H,1H3,(H,17,18)(H,19,20). The molecule has 0 aliphatic heterocycles. The highest BCUT2D eigenvalue weighted by atomic mass is 32.2. The van der Waals surface area contributed by atoms with E-state index in [9.17, 15) is 19.5 Å². The first-order valence-electron chi connectivity index (χ1n) is 6.39. The number of esters is 1. The lowest BCUT2D eigenvalue weighted by Gasteiger charge is -2.07. The lowest BCUT2D eigenvalue weighted by atomic mass is 10.1. The monoisotopic (exact) mass is 332 g/mol. The van der Waals surface area contributed by atoms with Crippen LogP contribution in [-0.2, 0) is 4.74 Å². The molecule has 0 unspecified atom stereocenters. The van der Waals surface area contributed by atoms with Crippen molar-refractivity contribution in [3.05, 3.63) is 59.2 Å². The van der Waals surface area contributed by atoms with Gasteiger partial charge in [-0.15, -0.1) is 0 Å². The number of methoxy groups -OCH3 is 1. The Morgan fingerprint density at radius 1 is 0.913 bits per heavy atom. The maximum absolute atomic E-state index is 11.4. The van der Waals surface area contributed by atoms with Gasteiger partial charge >= 0.3 is 17.9 Å². The summed E-state index contributed by atoms with van der Waals surface area (Å²) in [6.45, 7) is 0. The van der Waals surface area contributed by atoms with E-state index in [0.29, 0.717) is 15.4 Å². The number of rotatable bonds is 5. The van der Waals surface area contributed by atoms with E-state index in [1.165, 1.54) is 31.0 Å². The molecule has 2 aromatic carbocycles. The summed E-state index contributed by atoms with van der Waals surface area (Å²) in [5, 5.41) is 18.2. The average Bonchev–Trinajstić information content (AvgIpc) is 2.54. The van der Waals surface area contributed by atoms with Gasteiger partial charge in [0.1, 0.15) is 0 Å². The van der Waals surface area contributed by atoms with Crippen LogP contribution in [0.2, 0.25) is 0 Å². The lowest BCUT2D eigenvalue weighted by molar-refractivity contribution is 0.0598. The van der Waals surface area contributed by atoms with Gasteiger partial charge in [-0.3, -0.25) is 0 Å². The SMILES string of the molecule is COC(=O)c1ccc(Sc2ccc(C(=O)O)cc2C(=O)O)cc1. The van der Waals surface area contributed by atoms with Crippen molar-refractivity contribution in [1.29, 1.82) is 0 Å². The van der Waals surface area contributed by atoms with Gasteiger partial charge in [-0.25, -0.2) is 14.4 Å². The number of carbonyl (C=O) groups is 3. The fraction of sp³-hybridized carbons (Fsp3) is 0.0625. The maximum atomic E-state index is 11.4. The molecule has 2 aromatic rings. The highest BCUT2D eigenvalue weighted by molar-refractivity contribution is 7.99. The van der Waals surface area contributed by atoms with Crippen molar-refractivity contribution in [1.82, 2.24) is 0 Å². The number of carboxylic acids is 2. The molecule has 0 radical (unpaired) electrons. The topological polar surface area (TPSA) is 101 Å². The number of benzene rings is 2. The van der Waals surface area contributed by atoms with Crippen molar-refractivity contribution in [3.8, 4) is 0 Å². The van der Waals surface area contributed by atoms with Crippen molar-refractivity contribution in [2.45, 2.75) is 9.79 Å². The van der Waals surface area contributed by atoms with Crippen LogP contribution in [0.3, 0.4) is 0 Å². The molecule has 23 heavy (non-hydrogen) atoms. The molecule has 0 heterocycles. The van der Waals surface area contributed by atoms with Crippen LogP contribution >= 0.6 is 11.8 Å². The van der Waals surface area contributed by atoms with Gasteiger partial charge in [-0.2, -0.15) is 0 Å². The molecule has 0 amide bonds. The summed E-state index contributed by atoms with van der Waals surface area (Å²) in [4.78, 5) is 34.7. The molecule has 0 spiro atoms. The molecule has 0 aromatic heterocycles. The van der Waals surface area contributed by atoms with Crippen LogP contribution < -0.4 is 0 Å². The van der Waals surface area contributed by atoms with Gasteiger partial charge in [-0.1, -0.05) is 11.8 Å². The van der Waals surface area contributed by atoms with Crippen molar-refractivity contribution < 1.29 is 29.3 Å². The molecule has 0 saturated heterocycles. The van der Waals surface area contributed by atoms with E-state index >= 15 is 0 Å².